The molecule has 2 unspecified atom stereocenters. The van der Waals surface area contributed by atoms with Gasteiger partial charge in [-0.25, -0.2) is 0 Å². The normalized spacial score (nSPS) is 29.7. The van der Waals surface area contributed by atoms with E-state index < -0.39 is 0 Å². The van der Waals surface area contributed by atoms with Crippen molar-refractivity contribution in [1.82, 2.24) is 0 Å². The number of hydrogen-bond acceptors (Lipinski definition) is 2. The molecule has 1 aliphatic carbocycles. The lowest BCUT2D eigenvalue weighted by Crippen LogP contribution is -2.16. The zero-order valence-electron chi connectivity index (χ0n) is 8.05. The summed E-state index contributed by atoms with van der Waals surface area (Å²) in [6, 6.07) is 0.356. The predicted octanol–water partition coefficient (Wildman–Crippen LogP) is 1.73. The Balaban J connectivity index is 2.28. The lowest BCUT2D eigenvalue weighted by molar-refractivity contribution is -0.122. The van der Waals surface area contributed by atoms with Gasteiger partial charge >= 0.3 is 0 Å². The molecule has 0 radical (unpaired) electrons. The number of Topliss-reactive ketones (excluding diaryl/α,β-unsaturated/α-hetero) is 1. The first kappa shape index (κ1) is 9.72. The third-order valence-electron chi connectivity index (χ3n) is 2.72. The van der Waals surface area contributed by atoms with Crippen molar-refractivity contribution in [1.29, 1.82) is 0 Å². The summed E-state index contributed by atoms with van der Waals surface area (Å²) in [7, 11) is 0. The summed E-state index contributed by atoms with van der Waals surface area (Å²) < 4.78 is 0. The van der Waals surface area contributed by atoms with E-state index in [2.05, 4.69) is 0 Å². The van der Waals surface area contributed by atoms with Crippen LogP contribution < -0.4 is 5.73 Å². The minimum atomic E-state index is 0.196. The van der Waals surface area contributed by atoms with Gasteiger partial charge in [-0.05, 0) is 25.2 Å². The van der Waals surface area contributed by atoms with Gasteiger partial charge in [0.25, 0.3) is 0 Å². The lowest BCUT2D eigenvalue weighted by Gasteiger charge is -2.09. The summed E-state index contributed by atoms with van der Waals surface area (Å²) in [6.07, 6.45) is 4.07. The third kappa shape index (κ3) is 2.59. The Kier molecular flexibility index (Phi) is 3.27. The average Bonchev–Trinajstić information content (AvgIpc) is 2.35. The quantitative estimate of drug-likeness (QED) is 0.699. The van der Waals surface area contributed by atoms with Crippen LogP contribution in [0.3, 0.4) is 0 Å². The summed E-state index contributed by atoms with van der Waals surface area (Å²) in [5.41, 5.74) is 5.77. The SMILES string of the molecule is CC(C)C(=O)CC1CCC(N)C1. The minimum absolute atomic E-state index is 0.196. The Morgan fingerprint density at radius 1 is 1.50 bits per heavy atom. The van der Waals surface area contributed by atoms with Crippen LogP contribution in [0, 0.1) is 11.8 Å². The first-order valence-corrected chi connectivity index (χ1v) is 4.88. The van der Waals surface area contributed by atoms with Gasteiger partial charge in [-0.1, -0.05) is 13.8 Å². The number of rotatable bonds is 3. The van der Waals surface area contributed by atoms with Crippen LogP contribution in [0.25, 0.3) is 0 Å². The van der Waals surface area contributed by atoms with E-state index in [1.54, 1.807) is 0 Å². The molecule has 1 saturated carbocycles. The number of ketones is 1. The van der Waals surface area contributed by atoms with Gasteiger partial charge < -0.3 is 5.73 Å². The molecule has 0 aromatic rings. The largest absolute Gasteiger partial charge is 0.328 e. The average molecular weight is 169 g/mol. The molecule has 1 fully saturated rings. The zero-order chi connectivity index (χ0) is 9.14. The van der Waals surface area contributed by atoms with E-state index in [0.29, 0.717) is 17.7 Å². The maximum atomic E-state index is 11.4. The molecular formula is C10H19NO. The van der Waals surface area contributed by atoms with Gasteiger partial charge in [0, 0.05) is 18.4 Å². The molecule has 2 nitrogen and oxygen atoms in total. The van der Waals surface area contributed by atoms with E-state index in [1.807, 2.05) is 13.8 Å². The number of carbonyl (C=O) groups excluding carboxylic acids is 1. The van der Waals surface area contributed by atoms with Crippen LogP contribution in [0.2, 0.25) is 0 Å². The molecule has 2 N–H and O–H groups in total. The molecule has 12 heavy (non-hydrogen) atoms. The van der Waals surface area contributed by atoms with Crippen molar-refractivity contribution in [3.63, 3.8) is 0 Å². The number of hydrogen-bond donors (Lipinski definition) is 1. The van der Waals surface area contributed by atoms with Crippen LogP contribution in [0.4, 0.5) is 0 Å². The van der Waals surface area contributed by atoms with Crippen LogP contribution in [-0.4, -0.2) is 11.8 Å². The molecule has 0 aromatic carbocycles. The Labute approximate surface area is 74.5 Å². The van der Waals surface area contributed by atoms with Crippen molar-refractivity contribution in [2.45, 2.75) is 45.6 Å². The smallest absolute Gasteiger partial charge is 0.135 e. The van der Waals surface area contributed by atoms with E-state index in [4.69, 9.17) is 5.73 Å². The van der Waals surface area contributed by atoms with Crippen molar-refractivity contribution in [3.8, 4) is 0 Å². The molecule has 70 valence electrons. The van der Waals surface area contributed by atoms with Gasteiger partial charge in [-0.2, -0.15) is 0 Å². The van der Waals surface area contributed by atoms with Gasteiger partial charge in [-0.15, -0.1) is 0 Å². The van der Waals surface area contributed by atoms with Gasteiger partial charge in [0.05, 0.1) is 0 Å². The van der Waals surface area contributed by atoms with E-state index in [9.17, 15) is 4.79 Å². The summed E-state index contributed by atoms with van der Waals surface area (Å²) in [6.45, 7) is 3.94. The molecule has 0 aromatic heterocycles. The van der Waals surface area contributed by atoms with Crippen LogP contribution in [0.5, 0.6) is 0 Å². The van der Waals surface area contributed by atoms with E-state index in [-0.39, 0.29) is 5.92 Å². The standard InChI is InChI=1S/C10H19NO/c1-7(2)10(12)6-8-3-4-9(11)5-8/h7-9H,3-6,11H2,1-2H3. The van der Waals surface area contributed by atoms with E-state index in [1.165, 1.54) is 0 Å². The predicted molar refractivity (Wildman–Crippen MR) is 49.8 cm³/mol. The molecule has 1 rings (SSSR count). The number of carbonyl (C=O) groups is 1. The Bertz CT molecular complexity index is 165. The molecule has 0 saturated heterocycles. The molecule has 0 aliphatic heterocycles. The molecule has 1 aliphatic rings. The highest BCUT2D eigenvalue weighted by Gasteiger charge is 2.24. The fourth-order valence-corrected chi connectivity index (χ4v) is 1.82. The van der Waals surface area contributed by atoms with Crippen molar-refractivity contribution in [3.05, 3.63) is 0 Å². The van der Waals surface area contributed by atoms with Crippen molar-refractivity contribution in [2.24, 2.45) is 17.6 Å². The second-order valence-electron chi connectivity index (χ2n) is 4.26. The molecule has 2 atom stereocenters. The van der Waals surface area contributed by atoms with Gasteiger partial charge in [0.15, 0.2) is 0 Å². The fraction of sp³-hybridized carbons (Fsp3) is 0.900. The van der Waals surface area contributed by atoms with Gasteiger partial charge in [-0.3, -0.25) is 4.79 Å². The van der Waals surface area contributed by atoms with Crippen LogP contribution in [0.1, 0.15) is 39.5 Å². The van der Waals surface area contributed by atoms with Crippen molar-refractivity contribution in [2.75, 3.05) is 0 Å². The van der Waals surface area contributed by atoms with Crippen molar-refractivity contribution < 1.29 is 4.79 Å². The van der Waals surface area contributed by atoms with Crippen LogP contribution >= 0.6 is 0 Å². The zero-order valence-corrected chi connectivity index (χ0v) is 8.05. The maximum absolute atomic E-state index is 11.4. The fourth-order valence-electron chi connectivity index (χ4n) is 1.82. The monoisotopic (exact) mass is 169 g/mol. The summed E-state index contributed by atoms with van der Waals surface area (Å²) >= 11 is 0. The minimum Gasteiger partial charge on any atom is -0.328 e. The summed E-state index contributed by atoms with van der Waals surface area (Å²) in [4.78, 5) is 11.4. The van der Waals surface area contributed by atoms with Crippen LogP contribution in [0.15, 0.2) is 0 Å². The van der Waals surface area contributed by atoms with Crippen molar-refractivity contribution >= 4 is 5.78 Å². The first-order valence-electron chi connectivity index (χ1n) is 4.88. The van der Waals surface area contributed by atoms with E-state index in [0.717, 1.165) is 25.7 Å². The molecule has 0 amide bonds. The summed E-state index contributed by atoms with van der Waals surface area (Å²) in [5.74, 6) is 1.17. The number of nitrogens with two attached hydrogens (primary N) is 1. The molecule has 0 bridgehead atoms. The van der Waals surface area contributed by atoms with Gasteiger partial charge in [0.1, 0.15) is 5.78 Å². The van der Waals surface area contributed by atoms with Crippen LogP contribution in [-0.2, 0) is 4.79 Å². The van der Waals surface area contributed by atoms with E-state index >= 15 is 0 Å². The lowest BCUT2D eigenvalue weighted by atomic mass is 9.95. The Hall–Kier alpha value is -0.370. The molecule has 0 heterocycles. The first-order chi connectivity index (χ1) is 5.59. The third-order valence-corrected chi connectivity index (χ3v) is 2.72. The second-order valence-corrected chi connectivity index (χ2v) is 4.26. The maximum Gasteiger partial charge on any atom is 0.135 e. The van der Waals surface area contributed by atoms with Gasteiger partial charge in [0.2, 0.25) is 0 Å². The Morgan fingerprint density at radius 3 is 2.58 bits per heavy atom. The highest BCUT2D eigenvalue weighted by Crippen LogP contribution is 2.27. The molecule has 2 heteroatoms. The highest BCUT2D eigenvalue weighted by molar-refractivity contribution is 5.80. The molecule has 0 spiro atoms. The Morgan fingerprint density at radius 2 is 2.17 bits per heavy atom. The second kappa shape index (κ2) is 4.04. The highest BCUT2D eigenvalue weighted by atomic mass is 16.1. The summed E-state index contributed by atoms with van der Waals surface area (Å²) in [5, 5.41) is 0. The topological polar surface area (TPSA) is 43.1 Å². The molecular weight excluding hydrogens is 150 g/mol.